The third kappa shape index (κ3) is 2.05. The van der Waals surface area contributed by atoms with Crippen LogP contribution in [-0.4, -0.2) is 23.5 Å². The Morgan fingerprint density at radius 2 is 2.00 bits per heavy atom. The van der Waals surface area contributed by atoms with Crippen molar-refractivity contribution in [3.63, 3.8) is 0 Å². The van der Waals surface area contributed by atoms with E-state index in [2.05, 4.69) is 31.9 Å². The van der Waals surface area contributed by atoms with E-state index < -0.39 is 12.9 Å². The number of rotatable bonds is 2. The summed E-state index contributed by atoms with van der Waals surface area (Å²) < 4.78 is 13.5. The quantitative estimate of drug-likeness (QED) is 0.626. The van der Waals surface area contributed by atoms with Gasteiger partial charge in [0.25, 0.3) is 0 Å². The minimum absolute atomic E-state index is 0.0365. The van der Waals surface area contributed by atoms with Gasteiger partial charge in [-0.05, 0) is 22.0 Å². The van der Waals surface area contributed by atoms with Crippen LogP contribution in [0.15, 0.2) is 15.0 Å². The molecular formula is C7H4BBr2FO3. The van der Waals surface area contributed by atoms with Gasteiger partial charge in [-0.25, -0.2) is 4.39 Å². The first kappa shape index (κ1) is 11.8. The Morgan fingerprint density at radius 1 is 1.43 bits per heavy atom. The lowest BCUT2D eigenvalue weighted by Gasteiger charge is -2.08. The molecule has 0 atom stereocenters. The first-order chi connectivity index (χ1) is 6.49. The molecule has 14 heavy (non-hydrogen) atoms. The number of hydrogen-bond acceptors (Lipinski definition) is 3. The van der Waals surface area contributed by atoms with Gasteiger partial charge in [0.1, 0.15) is 5.82 Å². The van der Waals surface area contributed by atoms with Crippen LogP contribution >= 0.6 is 31.9 Å². The van der Waals surface area contributed by atoms with Crippen molar-refractivity contribution in [2.24, 2.45) is 0 Å². The van der Waals surface area contributed by atoms with Gasteiger partial charge in [0, 0.05) is 20.0 Å². The molecule has 1 rings (SSSR count). The van der Waals surface area contributed by atoms with Crippen molar-refractivity contribution in [1.29, 1.82) is 0 Å². The normalized spacial score (nSPS) is 10.1. The molecule has 0 heterocycles. The molecule has 0 bridgehead atoms. The molecule has 3 nitrogen and oxygen atoms in total. The van der Waals surface area contributed by atoms with Gasteiger partial charge in [0.15, 0.2) is 6.29 Å². The van der Waals surface area contributed by atoms with Crippen LogP contribution in [0.3, 0.4) is 0 Å². The molecule has 0 saturated heterocycles. The zero-order valence-electron chi connectivity index (χ0n) is 6.67. The number of carbonyl (C=O) groups excluding carboxylic acids is 1. The highest BCUT2D eigenvalue weighted by atomic mass is 79.9. The Hall–Kier alpha value is -0.235. The third-order valence-electron chi connectivity index (χ3n) is 1.62. The van der Waals surface area contributed by atoms with Gasteiger partial charge in [-0.3, -0.25) is 4.79 Å². The van der Waals surface area contributed by atoms with E-state index in [1.807, 2.05) is 0 Å². The summed E-state index contributed by atoms with van der Waals surface area (Å²) in [6, 6.07) is 1.00. The molecule has 0 aliphatic rings. The van der Waals surface area contributed by atoms with E-state index in [4.69, 9.17) is 10.0 Å². The lowest BCUT2D eigenvalue weighted by molar-refractivity contribution is 0.112. The van der Waals surface area contributed by atoms with Crippen LogP contribution in [-0.2, 0) is 0 Å². The van der Waals surface area contributed by atoms with Crippen molar-refractivity contribution in [2.45, 2.75) is 0 Å². The first-order valence-electron chi connectivity index (χ1n) is 3.47. The highest BCUT2D eigenvalue weighted by Gasteiger charge is 2.23. The Morgan fingerprint density at radius 3 is 2.43 bits per heavy atom. The summed E-state index contributed by atoms with van der Waals surface area (Å²) in [5, 5.41) is 17.7. The lowest BCUT2D eigenvalue weighted by atomic mass is 9.79. The Bertz CT molecular complexity index is 384. The molecule has 2 N–H and O–H groups in total. The van der Waals surface area contributed by atoms with E-state index in [0.717, 1.165) is 6.07 Å². The standard InChI is InChI=1S/C7H4BBr2FO3/c9-4-1-5(11)6(8(13)14)7(10)3(4)2-12/h1-2,13-14H. The summed E-state index contributed by atoms with van der Waals surface area (Å²) in [4.78, 5) is 10.6. The fourth-order valence-corrected chi connectivity index (χ4v) is 2.43. The molecule has 0 amide bonds. The van der Waals surface area contributed by atoms with Crippen LogP contribution in [0.25, 0.3) is 0 Å². The maximum atomic E-state index is 13.2. The average Bonchev–Trinajstić information content (AvgIpc) is 2.02. The first-order valence-corrected chi connectivity index (χ1v) is 5.06. The van der Waals surface area contributed by atoms with Crippen molar-refractivity contribution < 1.29 is 19.2 Å². The largest absolute Gasteiger partial charge is 0.492 e. The second-order valence-corrected chi connectivity index (χ2v) is 4.12. The summed E-state index contributed by atoms with van der Waals surface area (Å²) in [6.07, 6.45) is 0.486. The fraction of sp³-hybridized carbons (Fsp3) is 0. The molecule has 1 aromatic rings. The smallest absolute Gasteiger partial charge is 0.423 e. The SMILES string of the molecule is O=Cc1c(Br)cc(F)c(B(O)O)c1Br. The Balaban J connectivity index is 3.51. The van der Waals surface area contributed by atoms with Crippen molar-refractivity contribution in [1.82, 2.24) is 0 Å². The molecule has 0 radical (unpaired) electrons. The van der Waals surface area contributed by atoms with Crippen molar-refractivity contribution in [3.05, 3.63) is 26.4 Å². The van der Waals surface area contributed by atoms with Gasteiger partial charge in [-0.1, -0.05) is 15.9 Å². The van der Waals surface area contributed by atoms with E-state index >= 15 is 0 Å². The van der Waals surface area contributed by atoms with Crippen LogP contribution in [0.5, 0.6) is 0 Å². The van der Waals surface area contributed by atoms with Crippen LogP contribution < -0.4 is 5.46 Å². The van der Waals surface area contributed by atoms with Gasteiger partial charge >= 0.3 is 7.12 Å². The van der Waals surface area contributed by atoms with E-state index in [0.29, 0.717) is 6.29 Å². The highest BCUT2D eigenvalue weighted by Crippen LogP contribution is 2.23. The molecule has 0 saturated carbocycles. The van der Waals surface area contributed by atoms with Crippen molar-refractivity contribution >= 4 is 50.7 Å². The Kier molecular flexibility index (Phi) is 3.82. The van der Waals surface area contributed by atoms with Crippen molar-refractivity contribution in [3.8, 4) is 0 Å². The second-order valence-electron chi connectivity index (χ2n) is 2.47. The summed E-state index contributed by atoms with van der Waals surface area (Å²) in [5.41, 5.74) is -0.218. The van der Waals surface area contributed by atoms with Crippen LogP contribution in [0, 0.1) is 5.82 Å². The van der Waals surface area contributed by atoms with Gasteiger partial charge < -0.3 is 10.0 Å². The predicted octanol–water partition coefficient (Wildman–Crippen LogP) is 0.843. The highest BCUT2D eigenvalue weighted by molar-refractivity contribution is 9.11. The van der Waals surface area contributed by atoms with E-state index in [9.17, 15) is 9.18 Å². The molecule has 0 aliphatic carbocycles. The van der Waals surface area contributed by atoms with Gasteiger partial charge in [-0.15, -0.1) is 0 Å². The second kappa shape index (κ2) is 4.52. The van der Waals surface area contributed by atoms with Gasteiger partial charge in [0.2, 0.25) is 0 Å². The molecule has 0 unspecified atom stereocenters. The number of carbonyl (C=O) groups is 1. The van der Waals surface area contributed by atoms with Gasteiger partial charge in [-0.2, -0.15) is 0 Å². The number of hydrogen-bond donors (Lipinski definition) is 2. The van der Waals surface area contributed by atoms with E-state index in [-0.39, 0.29) is 20.0 Å². The molecule has 0 aromatic heterocycles. The molecule has 0 fully saturated rings. The number of benzene rings is 1. The molecule has 74 valence electrons. The molecule has 1 aromatic carbocycles. The van der Waals surface area contributed by atoms with Crippen LogP contribution in [0.1, 0.15) is 10.4 Å². The van der Waals surface area contributed by atoms with E-state index in [1.165, 1.54) is 0 Å². The van der Waals surface area contributed by atoms with Gasteiger partial charge in [0.05, 0.1) is 0 Å². The maximum absolute atomic E-state index is 13.2. The maximum Gasteiger partial charge on any atom is 0.492 e. The predicted molar refractivity (Wildman–Crippen MR) is 57.0 cm³/mol. The molecule has 0 spiro atoms. The topological polar surface area (TPSA) is 57.5 Å². The minimum Gasteiger partial charge on any atom is -0.423 e. The van der Waals surface area contributed by atoms with Crippen LogP contribution in [0.4, 0.5) is 4.39 Å². The average molecular weight is 326 g/mol. The zero-order chi connectivity index (χ0) is 10.9. The zero-order valence-corrected chi connectivity index (χ0v) is 9.84. The number of aldehydes is 1. The number of halogens is 3. The summed E-state index contributed by atoms with van der Waals surface area (Å²) >= 11 is 5.90. The fourth-order valence-electron chi connectivity index (χ4n) is 0.966. The lowest BCUT2D eigenvalue weighted by Crippen LogP contribution is -2.34. The molecule has 7 heteroatoms. The minimum atomic E-state index is -1.96. The third-order valence-corrected chi connectivity index (χ3v) is 3.13. The van der Waals surface area contributed by atoms with Crippen molar-refractivity contribution in [2.75, 3.05) is 0 Å². The molecule has 0 aliphatic heterocycles. The Labute approximate surface area is 96.3 Å². The van der Waals surface area contributed by atoms with Crippen LogP contribution in [0.2, 0.25) is 0 Å². The summed E-state index contributed by atoms with van der Waals surface area (Å²) in [5.74, 6) is -0.802. The molecular weight excluding hydrogens is 322 g/mol. The monoisotopic (exact) mass is 324 g/mol. The summed E-state index contributed by atoms with van der Waals surface area (Å²) in [6.45, 7) is 0. The van der Waals surface area contributed by atoms with E-state index in [1.54, 1.807) is 0 Å². The summed E-state index contributed by atoms with van der Waals surface area (Å²) in [7, 11) is -1.96.